The van der Waals surface area contributed by atoms with E-state index in [1.165, 1.54) is 10.6 Å². The molecular formula is C13H19N3S. The SMILES string of the molecule is CCCNC(Cc1cccs1)c1cncn1C. The van der Waals surface area contributed by atoms with Crippen molar-refractivity contribution in [1.82, 2.24) is 14.9 Å². The first-order valence-electron chi connectivity index (χ1n) is 6.03. The summed E-state index contributed by atoms with van der Waals surface area (Å²) in [6.07, 6.45) is 6.02. The molecule has 0 aromatic carbocycles. The summed E-state index contributed by atoms with van der Waals surface area (Å²) in [6.45, 7) is 3.24. The number of aryl methyl sites for hydroxylation is 1. The molecule has 0 spiro atoms. The van der Waals surface area contributed by atoms with Crippen molar-refractivity contribution in [1.29, 1.82) is 0 Å². The zero-order valence-corrected chi connectivity index (χ0v) is 11.2. The van der Waals surface area contributed by atoms with Crippen LogP contribution in [0.25, 0.3) is 0 Å². The number of aromatic nitrogens is 2. The summed E-state index contributed by atoms with van der Waals surface area (Å²) in [5, 5.41) is 5.73. The van der Waals surface area contributed by atoms with Gasteiger partial charge >= 0.3 is 0 Å². The predicted molar refractivity (Wildman–Crippen MR) is 72.3 cm³/mol. The third-order valence-electron chi connectivity index (χ3n) is 2.84. The van der Waals surface area contributed by atoms with Gasteiger partial charge in [0.1, 0.15) is 0 Å². The number of nitrogens with zero attached hydrogens (tertiary/aromatic N) is 2. The molecular weight excluding hydrogens is 230 g/mol. The molecule has 2 rings (SSSR count). The second-order valence-corrected chi connectivity index (χ2v) is 5.25. The molecule has 1 atom stereocenters. The third-order valence-corrected chi connectivity index (χ3v) is 3.74. The minimum Gasteiger partial charge on any atom is -0.336 e. The van der Waals surface area contributed by atoms with Crippen molar-refractivity contribution in [3.05, 3.63) is 40.6 Å². The lowest BCUT2D eigenvalue weighted by molar-refractivity contribution is 0.507. The topological polar surface area (TPSA) is 29.9 Å². The Morgan fingerprint density at radius 1 is 1.53 bits per heavy atom. The highest BCUT2D eigenvalue weighted by atomic mass is 32.1. The summed E-state index contributed by atoms with van der Waals surface area (Å²) in [5.74, 6) is 0. The summed E-state index contributed by atoms with van der Waals surface area (Å²) in [6, 6.07) is 4.67. The van der Waals surface area contributed by atoms with Crippen LogP contribution < -0.4 is 5.32 Å². The Labute approximate surface area is 107 Å². The van der Waals surface area contributed by atoms with E-state index >= 15 is 0 Å². The number of rotatable bonds is 6. The Balaban J connectivity index is 2.11. The second-order valence-electron chi connectivity index (χ2n) is 4.22. The highest BCUT2D eigenvalue weighted by Gasteiger charge is 2.15. The summed E-state index contributed by atoms with van der Waals surface area (Å²) in [5.41, 5.74) is 1.26. The van der Waals surface area contributed by atoms with Gasteiger partial charge in [-0.2, -0.15) is 0 Å². The minimum absolute atomic E-state index is 0.362. The zero-order chi connectivity index (χ0) is 12.1. The van der Waals surface area contributed by atoms with E-state index in [1.807, 2.05) is 23.9 Å². The monoisotopic (exact) mass is 249 g/mol. The van der Waals surface area contributed by atoms with Crippen LogP contribution in [0.15, 0.2) is 30.0 Å². The molecule has 0 aliphatic carbocycles. The van der Waals surface area contributed by atoms with Crippen LogP contribution in [0.1, 0.15) is 30.0 Å². The molecule has 0 fully saturated rings. The first kappa shape index (κ1) is 12.3. The van der Waals surface area contributed by atoms with E-state index < -0.39 is 0 Å². The molecule has 0 saturated carbocycles. The fraction of sp³-hybridized carbons (Fsp3) is 0.462. The second kappa shape index (κ2) is 5.98. The standard InChI is InChI=1S/C13H19N3S/c1-3-6-15-12(8-11-5-4-7-17-11)13-9-14-10-16(13)2/h4-5,7,9-10,12,15H,3,6,8H2,1-2H3. The van der Waals surface area contributed by atoms with E-state index in [9.17, 15) is 0 Å². The van der Waals surface area contributed by atoms with Crippen molar-refractivity contribution in [3.63, 3.8) is 0 Å². The van der Waals surface area contributed by atoms with Crippen LogP contribution in [0.5, 0.6) is 0 Å². The van der Waals surface area contributed by atoms with Crippen LogP contribution in [0.4, 0.5) is 0 Å². The van der Waals surface area contributed by atoms with Crippen molar-refractivity contribution in [2.24, 2.45) is 7.05 Å². The lowest BCUT2D eigenvalue weighted by atomic mass is 10.1. The molecule has 2 aromatic heterocycles. The first-order valence-corrected chi connectivity index (χ1v) is 6.91. The van der Waals surface area contributed by atoms with E-state index in [1.54, 1.807) is 0 Å². The highest BCUT2D eigenvalue weighted by Crippen LogP contribution is 2.20. The Bertz CT molecular complexity index is 433. The molecule has 2 aromatic rings. The van der Waals surface area contributed by atoms with E-state index in [0.29, 0.717) is 6.04 Å². The van der Waals surface area contributed by atoms with Crippen LogP contribution in [-0.4, -0.2) is 16.1 Å². The molecule has 0 saturated heterocycles. The molecule has 3 nitrogen and oxygen atoms in total. The number of hydrogen-bond acceptors (Lipinski definition) is 3. The van der Waals surface area contributed by atoms with Crippen LogP contribution in [-0.2, 0) is 13.5 Å². The normalized spacial score (nSPS) is 12.8. The van der Waals surface area contributed by atoms with Gasteiger partial charge in [-0.3, -0.25) is 0 Å². The van der Waals surface area contributed by atoms with Crippen LogP contribution in [0, 0.1) is 0 Å². The zero-order valence-electron chi connectivity index (χ0n) is 10.4. The molecule has 92 valence electrons. The number of imidazole rings is 1. The average Bonchev–Trinajstić information content (AvgIpc) is 2.95. The molecule has 0 radical (unpaired) electrons. The first-order chi connectivity index (χ1) is 8.31. The smallest absolute Gasteiger partial charge is 0.0946 e. The lowest BCUT2D eigenvalue weighted by Crippen LogP contribution is -2.25. The Kier molecular flexibility index (Phi) is 4.34. The van der Waals surface area contributed by atoms with E-state index in [2.05, 4.69) is 46.4 Å². The van der Waals surface area contributed by atoms with Gasteiger partial charge < -0.3 is 9.88 Å². The largest absolute Gasteiger partial charge is 0.336 e. The number of thiophene rings is 1. The fourth-order valence-electron chi connectivity index (χ4n) is 1.93. The lowest BCUT2D eigenvalue weighted by Gasteiger charge is -2.18. The maximum atomic E-state index is 4.21. The minimum atomic E-state index is 0.362. The molecule has 2 heterocycles. The molecule has 1 unspecified atom stereocenters. The van der Waals surface area contributed by atoms with Gasteiger partial charge in [0, 0.05) is 24.5 Å². The van der Waals surface area contributed by atoms with Crippen molar-refractivity contribution in [2.45, 2.75) is 25.8 Å². The van der Waals surface area contributed by atoms with Gasteiger partial charge in [0.25, 0.3) is 0 Å². The molecule has 4 heteroatoms. The summed E-state index contributed by atoms with van der Waals surface area (Å²) >= 11 is 1.82. The van der Waals surface area contributed by atoms with Crippen molar-refractivity contribution < 1.29 is 0 Å². The molecule has 0 aliphatic rings. The van der Waals surface area contributed by atoms with Gasteiger partial charge in [-0.15, -0.1) is 11.3 Å². The third kappa shape index (κ3) is 3.17. The van der Waals surface area contributed by atoms with Crippen LogP contribution >= 0.6 is 11.3 Å². The van der Waals surface area contributed by atoms with Crippen molar-refractivity contribution in [2.75, 3.05) is 6.54 Å². The summed E-state index contributed by atoms with van der Waals surface area (Å²) in [4.78, 5) is 5.62. The number of hydrogen-bond donors (Lipinski definition) is 1. The van der Waals surface area contributed by atoms with Gasteiger partial charge in [-0.05, 0) is 24.4 Å². The number of nitrogens with one attached hydrogen (secondary N) is 1. The van der Waals surface area contributed by atoms with Gasteiger partial charge in [-0.25, -0.2) is 4.98 Å². The fourth-order valence-corrected chi connectivity index (χ4v) is 2.68. The van der Waals surface area contributed by atoms with Crippen LogP contribution in [0.3, 0.4) is 0 Å². The Morgan fingerprint density at radius 3 is 3.00 bits per heavy atom. The average molecular weight is 249 g/mol. The highest BCUT2D eigenvalue weighted by molar-refractivity contribution is 7.09. The molecule has 0 aliphatic heterocycles. The van der Waals surface area contributed by atoms with Crippen LogP contribution in [0.2, 0.25) is 0 Å². The molecule has 0 amide bonds. The van der Waals surface area contributed by atoms with Crippen molar-refractivity contribution >= 4 is 11.3 Å². The maximum Gasteiger partial charge on any atom is 0.0946 e. The summed E-state index contributed by atoms with van der Waals surface area (Å²) < 4.78 is 2.10. The molecule has 1 N–H and O–H groups in total. The van der Waals surface area contributed by atoms with Crippen molar-refractivity contribution in [3.8, 4) is 0 Å². The quantitative estimate of drug-likeness (QED) is 0.853. The predicted octanol–water partition coefficient (Wildman–Crippen LogP) is 2.77. The summed E-state index contributed by atoms with van der Waals surface area (Å²) in [7, 11) is 2.05. The van der Waals surface area contributed by atoms with Gasteiger partial charge in [0.05, 0.1) is 18.1 Å². The van der Waals surface area contributed by atoms with Gasteiger partial charge in [-0.1, -0.05) is 13.0 Å². The van der Waals surface area contributed by atoms with E-state index in [-0.39, 0.29) is 0 Å². The maximum absolute atomic E-state index is 4.21. The molecule has 0 bridgehead atoms. The van der Waals surface area contributed by atoms with Gasteiger partial charge in [0.15, 0.2) is 0 Å². The Hall–Kier alpha value is -1.13. The molecule has 17 heavy (non-hydrogen) atoms. The Morgan fingerprint density at radius 2 is 2.41 bits per heavy atom. The van der Waals surface area contributed by atoms with Gasteiger partial charge in [0.2, 0.25) is 0 Å². The van der Waals surface area contributed by atoms with E-state index in [0.717, 1.165) is 19.4 Å². The van der Waals surface area contributed by atoms with E-state index in [4.69, 9.17) is 0 Å².